The van der Waals surface area contributed by atoms with Crippen molar-refractivity contribution in [1.29, 1.82) is 0 Å². The Hall–Kier alpha value is -2.62. The third kappa shape index (κ3) is 3.59. The number of benzene rings is 2. The Morgan fingerprint density at radius 2 is 1.65 bits per heavy atom. The quantitative estimate of drug-likeness (QED) is 0.943. The van der Waals surface area contributed by atoms with Crippen LogP contribution in [-0.2, 0) is 6.42 Å². The number of rotatable bonds is 4. The highest BCUT2D eigenvalue weighted by Crippen LogP contribution is 2.22. The molecule has 23 heavy (non-hydrogen) atoms. The van der Waals surface area contributed by atoms with Crippen LogP contribution in [0.15, 0.2) is 54.6 Å². The fourth-order valence-corrected chi connectivity index (χ4v) is 3.09. The normalized spacial score (nSPS) is 17.2. The third-order valence-corrected chi connectivity index (χ3v) is 4.36. The van der Waals surface area contributed by atoms with Crippen LogP contribution in [0.4, 0.5) is 0 Å². The summed E-state index contributed by atoms with van der Waals surface area (Å²) in [7, 11) is 0. The minimum Gasteiger partial charge on any atom is -0.366 e. The van der Waals surface area contributed by atoms with E-state index in [-0.39, 0.29) is 5.91 Å². The molecule has 2 amide bonds. The van der Waals surface area contributed by atoms with Crippen molar-refractivity contribution in [2.45, 2.75) is 12.8 Å². The van der Waals surface area contributed by atoms with Crippen LogP contribution in [-0.4, -0.2) is 29.8 Å². The lowest BCUT2D eigenvalue weighted by Crippen LogP contribution is -2.29. The van der Waals surface area contributed by atoms with Gasteiger partial charge in [-0.15, -0.1) is 0 Å². The highest BCUT2D eigenvalue weighted by atomic mass is 16.2. The number of amides is 2. The lowest BCUT2D eigenvalue weighted by atomic mass is 9.99. The number of likely N-dealkylation sites (tertiary alicyclic amines) is 1. The molecular formula is C19H20N2O2. The second-order valence-electron chi connectivity index (χ2n) is 6.04. The van der Waals surface area contributed by atoms with Crippen molar-refractivity contribution in [2.24, 2.45) is 11.7 Å². The molecule has 1 aliphatic rings. The zero-order valence-corrected chi connectivity index (χ0v) is 12.9. The standard InChI is InChI=1S/C19H20N2O2/c20-18(22)16-6-8-17(9-7-16)19(23)21-11-10-15(13-21)12-14-4-2-1-3-5-14/h1-9,15H,10-13H2,(H2,20,22). The summed E-state index contributed by atoms with van der Waals surface area (Å²) in [6.45, 7) is 1.57. The van der Waals surface area contributed by atoms with Crippen LogP contribution in [0.2, 0.25) is 0 Å². The lowest BCUT2D eigenvalue weighted by molar-refractivity contribution is 0.0786. The van der Waals surface area contributed by atoms with Crippen LogP contribution >= 0.6 is 0 Å². The fraction of sp³-hybridized carbons (Fsp3) is 0.263. The molecule has 2 aromatic carbocycles. The summed E-state index contributed by atoms with van der Waals surface area (Å²) in [5, 5.41) is 0. The molecule has 0 radical (unpaired) electrons. The molecule has 0 saturated carbocycles. The van der Waals surface area contributed by atoms with Gasteiger partial charge in [0.2, 0.25) is 5.91 Å². The number of nitrogens with zero attached hydrogens (tertiary/aromatic N) is 1. The van der Waals surface area contributed by atoms with Crippen molar-refractivity contribution >= 4 is 11.8 Å². The largest absolute Gasteiger partial charge is 0.366 e. The Balaban J connectivity index is 1.62. The van der Waals surface area contributed by atoms with Gasteiger partial charge in [0.05, 0.1) is 0 Å². The molecule has 1 atom stereocenters. The Bertz CT molecular complexity index is 695. The molecule has 0 spiro atoms. The maximum Gasteiger partial charge on any atom is 0.253 e. The molecule has 2 aromatic rings. The molecular weight excluding hydrogens is 288 g/mol. The van der Waals surface area contributed by atoms with E-state index < -0.39 is 5.91 Å². The summed E-state index contributed by atoms with van der Waals surface area (Å²) in [4.78, 5) is 25.5. The van der Waals surface area contributed by atoms with E-state index in [1.165, 1.54) is 5.56 Å². The zero-order chi connectivity index (χ0) is 16.2. The third-order valence-electron chi connectivity index (χ3n) is 4.36. The predicted octanol–water partition coefficient (Wildman–Crippen LogP) is 2.49. The summed E-state index contributed by atoms with van der Waals surface area (Å²) < 4.78 is 0. The summed E-state index contributed by atoms with van der Waals surface area (Å²) in [5.74, 6) is 0.0518. The van der Waals surface area contributed by atoms with Gasteiger partial charge < -0.3 is 10.6 Å². The lowest BCUT2D eigenvalue weighted by Gasteiger charge is -2.17. The number of carbonyl (C=O) groups is 2. The van der Waals surface area contributed by atoms with Crippen LogP contribution in [0.25, 0.3) is 0 Å². The number of nitrogens with two attached hydrogens (primary N) is 1. The Kier molecular flexibility index (Phi) is 4.42. The van der Waals surface area contributed by atoms with Crippen molar-refractivity contribution in [1.82, 2.24) is 4.90 Å². The number of hydrogen-bond donors (Lipinski definition) is 1. The molecule has 4 heteroatoms. The van der Waals surface area contributed by atoms with Crippen LogP contribution in [0, 0.1) is 5.92 Å². The first-order valence-electron chi connectivity index (χ1n) is 7.86. The Morgan fingerprint density at radius 3 is 2.30 bits per heavy atom. The number of primary amides is 1. The highest BCUT2D eigenvalue weighted by molar-refractivity contribution is 5.97. The maximum atomic E-state index is 12.5. The van der Waals surface area contributed by atoms with Gasteiger partial charge in [-0.1, -0.05) is 30.3 Å². The van der Waals surface area contributed by atoms with Gasteiger partial charge in [0.1, 0.15) is 0 Å². The van der Waals surface area contributed by atoms with Crippen LogP contribution in [0.5, 0.6) is 0 Å². The summed E-state index contributed by atoms with van der Waals surface area (Å²) >= 11 is 0. The van der Waals surface area contributed by atoms with Gasteiger partial charge in [0, 0.05) is 24.2 Å². The van der Waals surface area contributed by atoms with E-state index in [2.05, 4.69) is 12.1 Å². The van der Waals surface area contributed by atoms with E-state index >= 15 is 0 Å². The van der Waals surface area contributed by atoms with Gasteiger partial charge in [-0.2, -0.15) is 0 Å². The van der Waals surface area contributed by atoms with Gasteiger partial charge in [-0.25, -0.2) is 0 Å². The molecule has 4 nitrogen and oxygen atoms in total. The van der Waals surface area contributed by atoms with Crippen molar-refractivity contribution in [2.75, 3.05) is 13.1 Å². The van der Waals surface area contributed by atoms with Gasteiger partial charge >= 0.3 is 0 Å². The maximum absolute atomic E-state index is 12.5. The van der Waals surface area contributed by atoms with E-state index in [1.54, 1.807) is 24.3 Å². The smallest absolute Gasteiger partial charge is 0.253 e. The molecule has 2 N–H and O–H groups in total. The van der Waals surface area contributed by atoms with Crippen molar-refractivity contribution < 1.29 is 9.59 Å². The van der Waals surface area contributed by atoms with E-state index in [1.807, 2.05) is 23.1 Å². The first-order chi connectivity index (χ1) is 11.1. The van der Waals surface area contributed by atoms with E-state index in [9.17, 15) is 9.59 Å². The molecule has 3 rings (SSSR count). The predicted molar refractivity (Wildman–Crippen MR) is 89.1 cm³/mol. The Morgan fingerprint density at radius 1 is 1.00 bits per heavy atom. The zero-order valence-electron chi connectivity index (χ0n) is 12.9. The average molecular weight is 308 g/mol. The van der Waals surface area contributed by atoms with E-state index in [0.29, 0.717) is 17.0 Å². The SMILES string of the molecule is NC(=O)c1ccc(C(=O)N2CCC(Cc3ccccc3)C2)cc1. The van der Waals surface area contributed by atoms with Gasteiger partial charge in [-0.05, 0) is 48.6 Å². The van der Waals surface area contributed by atoms with Gasteiger partial charge in [0.15, 0.2) is 0 Å². The molecule has 1 saturated heterocycles. The average Bonchev–Trinajstić information content (AvgIpc) is 3.03. The van der Waals surface area contributed by atoms with E-state index in [4.69, 9.17) is 5.73 Å². The molecule has 0 bridgehead atoms. The molecule has 0 aromatic heterocycles. The van der Waals surface area contributed by atoms with Crippen molar-refractivity contribution in [3.63, 3.8) is 0 Å². The van der Waals surface area contributed by atoms with Crippen LogP contribution in [0.3, 0.4) is 0 Å². The minimum atomic E-state index is -0.479. The summed E-state index contributed by atoms with van der Waals surface area (Å²) in [6.07, 6.45) is 2.03. The van der Waals surface area contributed by atoms with Gasteiger partial charge in [0.25, 0.3) is 5.91 Å². The first-order valence-corrected chi connectivity index (χ1v) is 7.86. The molecule has 1 fully saturated rings. The molecule has 1 aliphatic heterocycles. The second kappa shape index (κ2) is 6.65. The molecule has 0 aliphatic carbocycles. The topological polar surface area (TPSA) is 63.4 Å². The minimum absolute atomic E-state index is 0.0246. The Labute approximate surface area is 135 Å². The first kappa shape index (κ1) is 15.3. The number of hydrogen-bond acceptors (Lipinski definition) is 2. The fourth-order valence-electron chi connectivity index (χ4n) is 3.09. The van der Waals surface area contributed by atoms with E-state index in [0.717, 1.165) is 25.9 Å². The van der Waals surface area contributed by atoms with Crippen molar-refractivity contribution in [3.8, 4) is 0 Å². The molecule has 118 valence electrons. The highest BCUT2D eigenvalue weighted by Gasteiger charge is 2.27. The van der Waals surface area contributed by atoms with Gasteiger partial charge in [-0.3, -0.25) is 9.59 Å². The molecule has 1 unspecified atom stereocenters. The number of carbonyl (C=O) groups excluding carboxylic acids is 2. The summed E-state index contributed by atoms with van der Waals surface area (Å²) in [6, 6.07) is 16.9. The van der Waals surface area contributed by atoms with Crippen LogP contribution in [0.1, 0.15) is 32.7 Å². The second-order valence-corrected chi connectivity index (χ2v) is 6.04. The van der Waals surface area contributed by atoms with Crippen LogP contribution < -0.4 is 5.73 Å². The van der Waals surface area contributed by atoms with Crippen molar-refractivity contribution in [3.05, 3.63) is 71.3 Å². The molecule has 1 heterocycles. The summed E-state index contributed by atoms with van der Waals surface area (Å²) in [5.41, 5.74) is 7.56. The monoisotopic (exact) mass is 308 g/mol.